The molecule has 1 aliphatic carbocycles. The van der Waals surface area contributed by atoms with Crippen molar-refractivity contribution in [3.63, 3.8) is 0 Å². The Labute approximate surface area is 171 Å². The molecule has 1 saturated carbocycles. The van der Waals surface area contributed by atoms with Gasteiger partial charge < -0.3 is 4.90 Å². The topological polar surface area (TPSA) is 75.4 Å². The van der Waals surface area contributed by atoms with Crippen LogP contribution in [0, 0.1) is 5.41 Å². The highest BCUT2D eigenvalue weighted by Gasteiger charge is 2.46. The minimum absolute atomic E-state index is 0.230. The van der Waals surface area contributed by atoms with E-state index in [-0.39, 0.29) is 10.2 Å². The Morgan fingerprint density at radius 3 is 2.74 bits per heavy atom. The molecule has 3 heterocycles. The summed E-state index contributed by atoms with van der Waals surface area (Å²) >= 11 is 3.49. The Kier molecular flexibility index (Phi) is 5.05. The van der Waals surface area contributed by atoms with Crippen molar-refractivity contribution in [2.24, 2.45) is 5.41 Å². The molecule has 0 radical (unpaired) electrons. The maximum atomic E-state index is 12.6. The van der Waals surface area contributed by atoms with Gasteiger partial charge in [-0.05, 0) is 67.8 Å². The van der Waals surface area contributed by atoms with Crippen LogP contribution < -0.4 is 9.62 Å². The number of nitrogens with one attached hydrogen (secondary N) is 1. The molecule has 7 nitrogen and oxygen atoms in total. The molecule has 0 bridgehead atoms. The minimum atomic E-state index is -1.02. The van der Waals surface area contributed by atoms with Crippen molar-refractivity contribution in [2.45, 2.75) is 63.7 Å². The van der Waals surface area contributed by atoms with Gasteiger partial charge in [0.2, 0.25) is 5.95 Å². The number of nitrogens with zero attached hydrogens (tertiary/aromatic N) is 5. The Morgan fingerprint density at radius 1 is 1.30 bits per heavy atom. The summed E-state index contributed by atoms with van der Waals surface area (Å²) in [5.74, 6) is 0.897. The molecular formula is C18H27BrN6OS. The highest BCUT2D eigenvalue weighted by molar-refractivity contribution is 9.10. The summed E-state index contributed by atoms with van der Waals surface area (Å²) in [7, 11) is -1.02. The molecule has 2 aliphatic rings. The standard InChI is InChI=1S/C18H27BrN6OS/c1-17(2,3)27(26)23-14-5-4-6-18(14)7-9-24(10-8-18)16-20-11-13(19)15-22-21-12-25(15)16/h11-12,14,23H,4-10H2,1-3H3/t14-,27-/m1/s1. The number of halogens is 1. The van der Waals surface area contributed by atoms with E-state index >= 15 is 0 Å². The molecule has 2 aromatic heterocycles. The monoisotopic (exact) mass is 454 g/mol. The second-order valence-electron chi connectivity index (χ2n) is 8.72. The van der Waals surface area contributed by atoms with Gasteiger partial charge in [-0.15, -0.1) is 10.2 Å². The molecule has 2 atom stereocenters. The molecule has 0 aromatic carbocycles. The number of fused-ring (bicyclic) bond motifs is 1. The predicted molar refractivity (Wildman–Crippen MR) is 111 cm³/mol. The Hall–Kier alpha value is -1.06. The summed E-state index contributed by atoms with van der Waals surface area (Å²) in [6.45, 7) is 7.99. The molecule has 1 saturated heterocycles. The minimum Gasteiger partial charge on any atom is -0.342 e. The Morgan fingerprint density at radius 2 is 2.04 bits per heavy atom. The zero-order valence-electron chi connectivity index (χ0n) is 16.1. The summed E-state index contributed by atoms with van der Waals surface area (Å²) in [6.07, 6.45) is 9.25. The Balaban J connectivity index is 1.50. The van der Waals surface area contributed by atoms with Crippen molar-refractivity contribution >= 4 is 38.5 Å². The van der Waals surface area contributed by atoms with Gasteiger partial charge in [0.25, 0.3) is 0 Å². The van der Waals surface area contributed by atoms with Gasteiger partial charge in [0, 0.05) is 25.3 Å². The first-order valence-corrected chi connectivity index (χ1v) is 11.5. The van der Waals surface area contributed by atoms with Crippen molar-refractivity contribution in [1.82, 2.24) is 24.3 Å². The van der Waals surface area contributed by atoms with Crippen molar-refractivity contribution in [3.8, 4) is 0 Å². The summed E-state index contributed by atoms with van der Waals surface area (Å²) in [6, 6.07) is 0.340. The first kappa shape index (κ1) is 19.3. The lowest BCUT2D eigenvalue weighted by molar-refractivity contribution is 0.187. The van der Waals surface area contributed by atoms with Crippen LogP contribution >= 0.6 is 15.9 Å². The first-order valence-electron chi connectivity index (χ1n) is 9.57. The first-order chi connectivity index (χ1) is 12.8. The van der Waals surface area contributed by atoms with E-state index < -0.39 is 11.0 Å². The zero-order chi connectivity index (χ0) is 19.2. The summed E-state index contributed by atoms with van der Waals surface area (Å²) in [5.41, 5.74) is 1.04. The average molecular weight is 455 g/mol. The number of hydrogen-bond acceptors (Lipinski definition) is 5. The average Bonchev–Trinajstić information content (AvgIpc) is 3.25. The number of piperidine rings is 1. The molecular weight excluding hydrogens is 428 g/mol. The lowest BCUT2D eigenvalue weighted by Crippen LogP contribution is -2.51. The number of hydrogen-bond donors (Lipinski definition) is 1. The molecule has 148 valence electrons. The summed E-state index contributed by atoms with van der Waals surface area (Å²) in [4.78, 5) is 6.94. The van der Waals surface area contributed by atoms with Crippen molar-refractivity contribution in [2.75, 3.05) is 18.0 Å². The fourth-order valence-corrected chi connectivity index (χ4v) is 5.74. The van der Waals surface area contributed by atoms with Crippen molar-refractivity contribution < 1.29 is 4.21 Å². The van der Waals surface area contributed by atoms with Gasteiger partial charge in [-0.3, -0.25) is 0 Å². The van der Waals surface area contributed by atoms with Crippen molar-refractivity contribution in [1.29, 1.82) is 0 Å². The fraction of sp³-hybridized carbons (Fsp3) is 0.722. The van der Waals surface area contributed by atoms with Gasteiger partial charge in [0.05, 0.1) is 20.2 Å². The SMILES string of the molecule is CC(C)(C)[S@@](=O)N[C@@H]1CCCC12CCN(c1ncc(Br)c3nncn13)CC2. The maximum absolute atomic E-state index is 12.6. The number of anilines is 1. The lowest BCUT2D eigenvalue weighted by Gasteiger charge is -2.44. The van der Waals surface area contributed by atoms with E-state index in [1.165, 1.54) is 12.8 Å². The number of rotatable bonds is 3. The van der Waals surface area contributed by atoms with Crippen LogP contribution in [0.1, 0.15) is 52.9 Å². The molecule has 0 unspecified atom stereocenters. The molecule has 9 heteroatoms. The summed E-state index contributed by atoms with van der Waals surface area (Å²) in [5, 5.41) is 8.20. The van der Waals surface area contributed by atoms with E-state index in [0.717, 1.165) is 48.4 Å². The Bertz CT molecular complexity index is 855. The normalized spacial score (nSPS) is 24.0. The van der Waals surface area contributed by atoms with E-state index in [0.29, 0.717) is 6.04 Å². The predicted octanol–water partition coefficient (Wildman–Crippen LogP) is 3.08. The fourth-order valence-electron chi connectivity index (χ4n) is 4.39. The van der Waals surface area contributed by atoms with Gasteiger partial charge in [0.15, 0.2) is 5.65 Å². The largest absolute Gasteiger partial charge is 0.342 e. The van der Waals surface area contributed by atoms with Gasteiger partial charge in [-0.2, -0.15) is 0 Å². The van der Waals surface area contributed by atoms with Crippen LogP contribution in [0.2, 0.25) is 0 Å². The molecule has 0 amide bonds. The van der Waals surface area contributed by atoms with E-state index in [1.807, 2.05) is 25.2 Å². The van der Waals surface area contributed by atoms with Crippen molar-refractivity contribution in [3.05, 3.63) is 17.0 Å². The molecule has 1 N–H and O–H groups in total. The molecule has 4 rings (SSSR count). The molecule has 27 heavy (non-hydrogen) atoms. The number of aromatic nitrogens is 4. The van der Waals surface area contributed by atoms with E-state index in [1.54, 1.807) is 12.5 Å². The van der Waals surface area contributed by atoms with E-state index in [2.05, 4.69) is 40.7 Å². The third-order valence-corrected chi connectivity index (χ3v) is 8.19. The van der Waals surface area contributed by atoms with Crippen LogP contribution in [0.25, 0.3) is 5.65 Å². The van der Waals surface area contributed by atoms with Crippen LogP contribution in [0.3, 0.4) is 0 Å². The van der Waals surface area contributed by atoms with Crippen LogP contribution in [-0.4, -0.2) is 47.7 Å². The zero-order valence-corrected chi connectivity index (χ0v) is 18.5. The molecule has 2 fully saturated rings. The van der Waals surface area contributed by atoms with Gasteiger partial charge in [-0.1, -0.05) is 6.42 Å². The molecule has 2 aromatic rings. The summed E-state index contributed by atoms with van der Waals surface area (Å²) < 4.78 is 18.7. The van der Waals surface area contributed by atoms with Crippen LogP contribution in [0.4, 0.5) is 5.95 Å². The van der Waals surface area contributed by atoms with Gasteiger partial charge in [0.1, 0.15) is 6.33 Å². The smallest absolute Gasteiger partial charge is 0.212 e. The van der Waals surface area contributed by atoms with Crippen LogP contribution in [-0.2, 0) is 11.0 Å². The maximum Gasteiger partial charge on any atom is 0.212 e. The van der Waals surface area contributed by atoms with Gasteiger partial charge >= 0.3 is 0 Å². The third-order valence-electron chi connectivity index (χ3n) is 6.02. The molecule has 1 spiro atoms. The molecule has 1 aliphatic heterocycles. The second-order valence-corrected chi connectivity index (χ2v) is 11.6. The van der Waals surface area contributed by atoms with E-state index in [9.17, 15) is 4.21 Å². The highest BCUT2D eigenvalue weighted by atomic mass is 79.9. The quantitative estimate of drug-likeness (QED) is 0.770. The van der Waals surface area contributed by atoms with Crippen LogP contribution in [0.5, 0.6) is 0 Å². The van der Waals surface area contributed by atoms with E-state index in [4.69, 9.17) is 0 Å². The highest BCUT2D eigenvalue weighted by Crippen LogP contribution is 2.47. The van der Waals surface area contributed by atoms with Crippen LogP contribution in [0.15, 0.2) is 17.0 Å². The third kappa shape index (κ3) is 3.53. The lowest BCUT2D eigenvalue weighted by atomic mass is 9.74. The van der Waals surface area contributed by atoms with Gasteiger partial charge in [-0.25, -0.2) is 18.3 Å². The second kappa shape index (κ2) is 7.08.